The summed E-state index contributed by atoms with van der Waals surface area (Å²) in [5.41, 5.74) is -1.33. The zero-order valence-corrected chi connectivity index (χ0v) is 22.3. The van der Waals surface area contributed by atoms with Gasteiger partial charge in [0.15, 0.2) is 5.78 Å². The first-order chi connectivity index (χ1) is 19.1. The lowest BCUT2D eigenvalue weighted by Crippen LogP contribution is -2.65. The van der Waals surface area contributed by atoms with Crippen LogP contribution >= 0.6 is 0 Å². The third-order valence-electron chi connectivity index (χ3n) is 9.73. The Labute approximate surface area is 232 Å². The second kappa shape index (κ2) is 9.92. The van der Waals surface area contributed by atoms with Gasteiger partial charge in [-0.3, -0.25) is 9.59 Å². The number of carboxylic acid groups (broad SMARTS) is 1. The molecule has 2 fully saturated rings. The van der Waals surface area contributed by atoms with Crippen molar-refractivity contribution in [1.82, 2.24) is 5.32 Å². The van der Waals surface area contributed by atoms with Crippen LogP contribution in [0.4, 0.5) is 32.4 Å². The molecule has 0 bridgehead atoms. The van der Waals surface area contributed by atoms with Crippen molar-refractivity contribution in [3.05, 3.63) is 52.6 Å². The van der Waals surface area contributed by atoms with Crippen LogP contribution in [0.3, 0.4) is 0 Å². The van der Waals surface area contributed by atoms with Gasteiger partial charge in [-0.05, 0) is 85.3 Å². The molecule has 4 N–H and O–H groups in total. The number of rotatable bonds is 5. The molecule has 7 nitrogen and oxygen atoms in total. The lowest BCUT2D eigenvalue weighted by atomic mass is 9.50. The SMILES string of the molecule is C[C@]12C[C@H](c3ccc(NC(=O)NCC(=O)O)cc3)C3=C4CCC(=O)C=C4CCC3C1CC[C@@]2(O)C(F)(F)C(F)(F)F. The first-order valence-electron chi connectivity index (χ1n) is 13.6. The van der Waals surface area contributed by atoms with Crippen molar-refractivity contribution in [3.63, 3.8) is 0 Å². The summed E-state index contributed by atoms with van der Waals surface area (Å²) in [7, 11) is 0. The lowest BCUT2D eigenvalue weighted by Gasteiger charge is -2.56. The van der Waals surface area contributed by atoms with Crippen LogP contribution in [0.25, 0.3) is 0 Å². The van der Waals surface area contributed by atoms with E-state index in [4.69, 9.17) is 5.11 Å². The van der Waals surface area contributed by atoms with Crippen molar-refractivity contribution in [3.8, 4) is 0 Å². The quantitative estimate of drug-likeness (QED) is 0.332. The van der Waals surface area contributed by atoms with Gasteiger partial charge in [-0.2, -0.15) is 22.0 Å². The van der Waals surface area contributed by atoms with E-state index >= 15 is 8.78 Å². The number of aliphatic hydroxyl groups is 1. The van der Waals surface area contributed by atoms with Gasteiger partial charge in [0, 0.05) is 23.4 Å². The van der Waals surface area contributed by atoms with Crippen LogP contribution in [-0.2, 0) is 9.59 Å². The number of carbonyl (C=O) groups excluding carboxylic acids is 2. The Kier molecular flexibility index (Phi) is 7.07. The standard InChI is InChI=1S/C29H31F5N2O5/c1-26-13-21(15-2-5-17(6-3-15)36-25(40)35-14-23(38)39)24-19-9-7-18(37)12-16(19)4-8-20(24)22(26)10-11-27(26,41)28(30,31)29(32,33)34/h2-3,5-6,12,20-22,41H,4,7-11,13-14H2,1H3,(H,38,39)(H2,35,36,40)/t20?,21-,22?,26+,27+/m1/s1. The van der Waals surface area contributed by atoms with Gasteiger partial charge in [0.2, 0.25) is 0 Å². The summed E-state index contributed by atoms with van der Waals surface area (Å²) >= 11 is 0. The molecule has 0 heterocycles. The second-order valence-electron chi connectivity index (χ2n) is 11.8. The predicted octanol–water partition coefficient (Wildman–Crippen LogP) is 5.72. The molecular formula is C29H31F5N2O5. The van der Waals surface area contributed by atoms with Gasteiger partial charge < -0.3 is 20.8 Å². The molecule has 0 aliphatic heterocycles. The Bertz CT molecular complexity index is 1340. The Morgan fingerprint density at radius 1 is 1.05 bits per heavy atom. The molecule has 2 saturated carbocycles. The van der Waals surface area contributed by atoms with E-state index in [2.05, 4.69) is 10.6 Å². The van der Waals surface area contributed by atoms with Crippen LogP contribution in [0.15, 0.2) is 47.1 Å². The van der Waals surface area contributed by atoms with Gasteiger partial charge in [-0.1, -0.05) is 24.6 Å². The third kappa shape index (κ3) is 4.64. The van der Waals surface area contributed by atoms with Crippen molar-refractivity contribution in [2.24, 2.45) is 17.3 Å². The van der Waals surface area contributed by atoms with E-state index in [1.165, 1.54) is 6.92 Å². The van der Waals surface area contributed by atoms with E-state index in [0.717, 1.165) is 16.7 Å². The number of carboxylic acids is 1. The normalized spacial score (nSPS) is 31.5. The number of nitrogens with one attached hydrogen (secondary N) is 2. The number of alkyl halides is 5. The smallest absolute Gasteiger partial charge is 0.456 e. The summed E-state index contributed by atoms with van der Waals surface area (Å²) in [6.45, 7) is 0.769. The summed E-state index contributed by atoms with van der Waals surface area (Å²) in [5.74, 6) is -8.08. The lowest BCUT2D eigenvalue weighted by molar-refractivity contribution is -0.362. The van der Waals surface area contributed by atoms with Crippen molar-refractivity contribution in [1.29, 1.82) is 0 Å². The van der Waals surface area contributed by atoms with Gasteiger partial charge in [0.05, 0.1) is 0 Å². The van der Waals surface area contributed by atoms with Crippen molar-refractivity contribution < 1.29 is 46.5 Å². The van der Waals surface area contributed by atoms with Crippen LogP contribution in [-0.4, -0.2) is 52.2 Å². The van der Waals surface area contributed by atoms with E-state index in [1.54, 1.807) is 30.3 Å². The van der Waals surface area contributed by atoms with Gasteiger partial charge in [0.25, 0.3) is 0 Å². The average molecular weight is 583 g/mol. The molecule has 0 aromatic heterocycles. The maximum atomic E-state index is 15.1. The molecular weight excluding hydrogens is 551 g/mol. The van der Waals surface area contributed by atoms with E-state index in [0.29, 0.717) is 30.5 Å². The molecule has 0 radical (unpaired) electrons. The number of aliphatic carboxylic acids is 1. The number of urea groups is 1. The number of anilines is 1. The fourth-order valence-electron chi connectivity index (χ4n) is 7.84. The van der Waals surface area contributed by atoms with Gasteiger partial charge >= 0.3 is 24.1 Å². The largest absolute Gasteiger partial charge is 0.480 e. The van der Waals surface area contributed by atoms with E-state index < -0.39 is 59.9 Å². The van der Waals surface area contributed by atoms with Crippen LogP contribution in [0.5, 0.6) is 0 Å². The zero-order chi connectivity index (χ0) is 30.0. The third-order valence-corrected chi connectivity index (χ3v) is 9.73. The molecule has 5 rings (SSSR count). The topological polar surface area (TPSA) is 116 Å². The first-order valence-corrected chi connectivity index (χ1v) is 13.6. The molecule has 1 aromatic rings. The van der Waals surface area contributed by atoms with Crippen LogP contribution in [0.2, 0.25) is 0 Å². The summed E-state index contributed by atoms with van der Waals surface area (Å²) < 4.78 is 71.2. The van der Waals surface area contributed by atoms with Crippen molar-refractivity contribution in [2.75, 3.05) is 11.9 Å². The maximum Gasteiger partial charge on any atom is 0.456 e. The fraction of sp³-hybridized carbons (Fsp3) is 0.552. The number of hydrogen-bond donors (Lipinski definition) is 4. The molecule has 0 saturated heterocycles. The summed E-state index contributed by atoms with van der Waals surface area (Å²) in [6, 6.07) is 5.62. The summed E-state index contributed by atoms with van der Waals surface area (Å²) in [4.78, 5) is 34.8. The number of fused-ring (bicyclic) bond motifs is 4. The number of allylic oxidation sites excluding steroid dienone is 4. The predicted molar refractivity (Wildman–Crippen MR) is 137 cm³/mol. The van der Waals surface area contributed by atoms with Gasteiger partial charge in [-0.25, -0.2) is 4.79 Å². The molecule has 41 heavy (non-hydrogen) atoms. The van der Waals surface area contributed by atoms with Crippen molar-refractivity contribution >= 4 is 23.5 Å². The Hall–Kier alpha value is -3.28. The highest BCUT2D eigenvalue weighted by molar-refractivity contribution is 5.93. The Morgan fingerprint density at radius 2 is 1.73 bits per heavy atom. The molecule has 1 aromatic carbocycles. The van der Waals surface area contributed by atoms with Crippen LogP contribution in [0.1, 0.15) is 63.4 Å². The molecule has 2 unspecified atom stereocenters. The highest BCUT2D eigenvalue weighted by Crippen LogP contribution is 2.70. The minimum absolute atomic E-state index is 0.00309. The van der Waals surface area contributed by atoms with Crippen molar-refractivity contribution in [2.45, 2.75) is 75.5 Å². The van der Waals surface area contributed by atoms with Gasteiger partial charge in [-0.15, -0.1) is 0 Å². The molecule has 2 amide bonds. The first kappa shape index (κ1) is 29.2. The molecule has 0 spiro atoms. The number of carbonyl (C=O) groups is 3. The number of amides is 2. The molecule has 12 heteroatoms. The molecule has 4 aliphatic rings. The summed E-state index contributed by atoms with van der Waals surface area (Å²) in [6.07, 6.45) is -3.38. The average Bonchev–Trinajstić information content (AvgIpc) is 3.18. The number of ketones is 1. The van der Waals surface area contributed by atoms with E-state index in [-0.39, 0.29) is 31.0 Å². The molecule has 222 valence electrons. The fourth-order valence-corrected chi connectivity index (χ4v) is 7.84. The minimum atomic E-state index is -5.92. The monoisotopic (exact) mass is 582 g/mol. The molecule has 5 atom stereocenters. The highest BCUT2D eigenvalue weighted by atomic mass is 19.4. The Morgan fingerprint density at radius 3 is 2.37 bits per heavy atom. The minimum Gasteiger partial charge on any atom is -0.480 e. The Balaban J connectivity index is 1.56. The van der Waals surface area contributed by atoms with Crippen LogP contribution < -0.4 is 10.6 Å². The van der Waals surface area contributed by atoms with E-state index in [1.807, 2.05) is 0 Å². The second-order valence-corrected chi connectivity index (χ2v) is 11.8. The maximum absolute atomic E-state index is 15.1. The zero-order valence-electron chi connectivity index (χ0n) is 22.3. The molecule has 4 aliphatic carbocycles. The van der Waals surface area contributed by atoms with Gasteiger partial charge in [0.1, 0.15) is 12.1 Å². The van der Waals surface area contributed by atoms with Crippen LogP contribution in [0, 0.1) is 17.3 Å². The number of hydrogen-bond acceptors (Lipinski definition) is 4. The number of benzene rings is 1. The highest BCUT2D eigenvalue weighted by Gasteiger charge is 2.79. The number of halogens is 5. The summed E-state index contributed by atoms with van der Waals surface area (Å²) in [5, 5.41) is 24.7. The van der Waals surface area contributed by atoms with E-state index in [9.17, 15) is 32.7 Å².